The van der Waals surface area contributed by atoms with Crippen molar-refractivity contribution in [1.29, 1.82) is 0 Å². The molecule has 582 valence electrons. The standard InChI is InChI=1S/C79H154O17P2/c1-5-9-13-17-21-25-28-31-33-35-37-39-41-43-46-50-54-58-62-66-79(84)96-75(70-90-77(82)64-60-56-52-48-45-42-40-38-36-34-32-29-26-22-18-14-10-6-2)72-94-98(87,88)92-68-73(80)67-91-97(85,86)93-71-74(69-89-76(81)63-59-55-51-47-24-20-16-12-8-4)95-78(83)65-61-57-53-49-44-30-27-23-19-15-11-7-3/h73-75,80H,5-72H2,1-4H3,(H,85,86)(H,87,88)/t73-,74+,75+/m0/s1. The molecule has 17 nitrogen and oxygen atoms in total. The van der Waals surface area contributed by atoms with Gasteiger partial charge in [-0.3, -0.25) is 37.3 Å². The Balaban J connectivity index is 5.20. The van der Waals surface area contributed by atoms with Crippen LogP contribution in [0, 0.1) is 0 Å². The second-order valence-electron chi connectivity index (χ2n) is 28.5. The van der Waals surface area contributed by atoms with Gasteiger partial charge in [0.05, 0.1) is 26.4 Å². The van der Waals surface area contributed by atoms with Crippen LogP contribution in [-0.2, 0) is 65.4 Å². The molecule has 0 aliphatic carbocycles. The van der Waals surface area contributed by atoms with E-state index in [0.29, 0.717) is 25.7 Å². The lowest BCUT2D eigenvalue weighted by Gasteiger charge is -2.21. The highest BCUT2D eigenvalue weighted by Crippen LogP contribution is 2.45. The number of carbonyl (C=O) groups excluding carboxylic acids is 4. The van der Waals surface area contributed by atoms with Gasteiger partial charge in [-0.15, -0.1) is 0 Å². The van der Waals surface area contributed by atoms with Crippen molar-refractivity contribution in [2.24, 2.45) is 0 Å². The molecule has 0 amide bonds. The Labute approximate surface area is 600 Å². The van der Waals surface area contributed by atoms with E-state index in [1.807, 2.05) is 0 Å². The Morgan fingerprint density at radius 3 is 0.602 bits per heavy atom. The van der Waals surface area contributed by atoms with Gasteiger partial charge in [0, 0.05) is 25.7 Å². The number of hydrogen-bond acceptors (Lipinski definition) is 15. The molecule has 0 rings (SSSR count). The van der Waals surface area contributed by atoms with Gasteiger partial charge in [0.1, 0.15) is 19.3 Å². The first-order valence-electron chi connectivity index (χ1n) is 41.3. The van der Waals surface area contributed by atoms with E-state index in [0.717, 1.165) is 89.9 Å². The molecule has 0 radical (unpaired) electrons. The maximum absolute atomic E-state index is 13.1. The summed E-state index contributed by atoms with van der Waals surface area (Å²) in [7, 11) is -9.91. The van der Waals surface area contributed by atoms with Crippen LogP contribution in [0.15, 0.2) is 0 Å². The number of ether oxygens (including phenoxy) is 4. The van der Waals surface area contributed by atoms with Crippen molar-refractivity contribution in [2.75, 3.05) is 39.6 Å². The molecular formula is C79H154O17P2. The van der Waals surface area contributed by atoms with E-state index in [4.69, 9.17) is 37.0 Å². The van der Waals surface area contributed by atoms with E-state index in [9.17, 15) is 43.2 Å². The Morgan fingerprint density at radius 1 is 0.245 bits per heavy atom. The predicted octanol–water partition coefficient (Wildman–Crippen LogP) is 23.8. The van der Waals surface area contributed by atoms with Crippen LogP contribution in [0.4, 0.5) is 0 Å². The summed E-state index contributed by atoms with van der Waals surface area (Å²) in [4.78, 5) is 72.9. The van der Waals surface area contributed by atoms with Gasteiger partial charge in [0.2, 0.25) is 0 Å². The molecule has 0 bridgehead atoms. The molecule has 19 heteroatoms. The van der Waals surface area contributed by atoms with Gasteiger partial charge >= 0.3 is 39.5 Å². The zero-order valence-corrected chi connectivity index (χ0v) is 65.6. The molecule has 0 heterocycles. The average molecular weight is 1440 g/mol. The SMILES string of the molecule is CCCCCCCCCCCCCCCCCCCCCC(=O)O[C@H](COC(=O)CCCCCCCCCCCCCCCCCCCC)COP(=O)(O)OC[C@@H](O)COP(=O)(O)OC[C@@H](COC(=O)CCCCCCCCCCC)OC(=O)CCCCCCCCCCCCCC. The second-order valence-corrected chi connectivity index (χ2v) is 31.4. The van der Waals surface area contributed by atoms with Crippen LogP contribution in [-0.4, -0.2) is 96.7 Å². The Kier molecular flexibility index (Phi) is 71.9. The summed E-state index contributed by atoms with van der Waals surface area (Å²) >= 11 is 0. The molecule has 0 saturated heterocycles. The Morgan fingerprint density at radius 2 is 0.408 bits per heavy atom. The molecule has 0 aromatic carbocycles. The summed E-state index contributed by atoms with van der Waals surface area (Å²) < 4.78 is 68.6. The van der Waals surface area contributed by atoms with Crippen LogP contribution in [0.1, 0.15) is 426 Å². The smallest absolute Gasteiger partial charge is 0.462 e. The quantitative estimate of drug-likeness (QED) is 0.0222. The fourth-order valence-electron chi connectivity index (χ4n) is 12.3. The van der Waals surface area contributed by atoms with E-state index in [2.05, 4.69) is 27.7 Å². The van der Waals surface area contributed by atoms with E-state index < -0.39 is 97.5 Å². The molecule has 3 N–H and O–H groups in total. The summed E-state index contributed by atoms with van der Waals surface area (Å²) in [5.41, 5.74) is 0. The highest BCUT2D eigenvalue weighted by atomic mass is 31.2. The second kappa shape index (κ2) is 73.4. The molecule has 5 atom stereocenters. The Hall–Kier alpha value is -1.94. The van der Waals surface area contributed by atoms with Crippen LogP contribution in [0.2, 0.25) is 0 Å². The molecule has 98 heavy (non-hydrogen) atoms. The van der Waals surface area contributed by atoms with Crippen molar-refractivity contribution in [3.05, 3.63) is 0 Å². The third-order valence-electron chi connectivity index (χ3n) is 18.6. The highest BCUT2D eigenvalue weighted by molar-refractivity contribution is 7.47. The van der Waals surface area contributed by atoms with E-state index in [-0.39, 0.29) is 25.7 Å². The predicted molar refractivity (Wildman–Crippen MR) is 400 cm³/mol. The molecule has 2 unspecified atom stereocenters. The molecule has 0 saturated carbocycles. The lowest BCUT2D eigenvalue weighted by molar-refractivity contribution is -0.161. The highest BCUT2D eigenvalue weighted by Gasteiger charge is 2.30. The molecule has 0 spiro atoms. The average Bonchev–Trinajstić information content (AvgIpc) is 1.38. The topological polar surface area (TPSA) is 237 Å². The first-order chi connectivity index (χ1) is 47.7. The van der Waals surface area contributed by atoms with E-state index in [1.165, 1.54) is 257 Å². The fourth-order valence-corrected chi connectivity index (χ4v) is 13.9. The van der Waals surface area contributed by atoms with Crippen molar-refractivity contribution in [1.82, 2.24) is 0 Å². The summed E-state index contributed by atoms with van der Waals surface area (Å²) in [6.07, 6.45) is 65.2. The minimum absolute atomic E-state index is 0.108. The van der Waals surface area contributed by atoms with Crippen molar-refractivity contribution < 1.29 is 80.2 Å². The van der Waals surface area contributed by atoms with Crippen molar-refractivity contribution in [3.63, 3.8) is 0 Å². The monoisotopic (exact) mass is 1440 g/mol. The molecule has 0 aromatic heterocycles. The zero-order chi connectivity index (χ0) is 71.8. The van der Waals surface area contributed by atoms with Crippen molar-refractivity contribution in [3.8, 4) is 0 Å². The lowest BCUT2D eigenvalue weighted by atomic mass is 10.0. The van der Waals surface area contributed by atoms with E-state index in [1.54, 1.807) is 0 Å². The van der Waals surface area contributed by atoms with Gasteiger partial charge in [0.15, 0.2) is 12.2 Å². The zero-order valence-electron chi connectivity index (χ0n) is 63.8. The summed E-state index contributed by atoms with van der Waals surface area (Å²) in [6, 6.07) is 0. The summed E-state index contributed by atoms with van der Waals surface area (Å²) in [6.45, 7) is 5.00. The molecular weight excluding hydrogens is 1280 g/mol. The van der Waals surface area contributed by atoms with Crippen LogP contribution in [0.5, 0.6) is 0 Å². The number of carbonyl (C=O) groups is 4. The third-order valence-corrected chi connectivity index (χ3v) is 20.5. The number of phosphoric acid groups is 2. The van der Waals surface area contributed by atoms with Gasteiger partial charge in [-0.2, -0.15) is 0 Å². The first kappa shape index (κ1) is 96.1. The number of aliphatic hydroxyl groups excluding tert-OH is 1. The number of phosphoric ester groups is 2. The van der Waals surface area contributed by atoms with Gasteiger partial charge in [0.25, 0.3) is 0 Å². The van der Waals surface area contributed by atoms with Gasteiger partial charge in [-0.05, 0) is 25.7 Å². The minimum Gasteiger partial charge on any atom is -0.462 e. The normalized spacial score (nSPS) is 13.8. The molecule has 0 aliphatic heterocycles. The van der Waals surface area contributed by atoms with Crippen LogP contribution in [0.3, 0.4) is 0 Å². The maximum atomic E-state index is 13.1. The maximum Gasteiger partial charge on any atom is 0.472 e. The number of unbranched alkanes of at least 4 members (excludes halogenated alkanes) is 54. The third kappa shape index (κ3) is 72.4. The number of esters is 4. The molecule has 0 aromatic rings. The van der Waals surface area contributed by atoms with Crippen molar-refractivity contribution in [2.45, 2.75) is 444 Å². The largest absolute Gasteiger partial charge is 0.472 e. The fraction of sp³-hybridized carbons (Fsp3) is 0.949. The van der Waals surface area contributed by atoms with Gasteiger partial charge in [-0.25, -0.2) is 9.13 Å². The summed E-state index contributed by atoms with van der Waals surface area (Å²) in [5.74, 6) is -2.11. The van der Waals surface area contributed by atoms with Crippen LogP contribution >= 0.6 is 15.6 Å². The number of hydrogen-bond donors (Lipinski definition) is 3. The van der Waals surface area contributed by atoms with Gasteiger partial charge < -0.3 is 33.8 Å². The van der Waals surface area contributed by atoms with Crippen LogP contribution < -0.4 is 0 Å². The summed E-state index contributed by atoms with van der Waals surface area (Å²) in [5, 5.41) is 10.6. The minimum atomic E-state index is -4.96. The first-order valence-corrected chi connectivity index (χ1v) is 44.3. The van der Waals surface area contributed by atoms with Crippen molar-refractivity contribution >= 4 is 39.5 Å². The Bertz CT molecular complexity index is 1860. The van der Waals surface area contributed by atoms with Crippen LogP contribution in [0.25, 0.3) is 0 Å². The number of rotatable bonds is 80. The van der Waals surface area contributed by atoms with Gasteiger partial charge in [-0.1, -0.05) is 374 Å². The molecule has 0 aliphatic rings. The van der Waals surface area contributed by atoms with E-state index >= 15 is 0 Å². The lowest BCUT2D eigenvalue weighted by Crippen LogP contribution is -2.30. The number of aliphatic hydroxyl groups is 1. The molecule has 0 fully saturated rings.